The number of phenols is 1. The molecule has 0 amide bonds. The minimum absolute atomic E-state index is 0.0477. The molecule has 0 aliphatic heterocycles. The molecule has 3 heteroatoms. The Bertz CT molecular complexity index is 495. The van der Waals surface area contributed by atoms with Crippen molar-refractivity contribution in [2.24, 2.45) is 0 Å². The first-order chi connectivity index (χ1) is 9.96. The van der Waals surface area contributed by atoms with Crippen LogP contribution >= 0.6 is 0 Å². The highest BCUT2D eigenvalue weighted by Gasteiger charge is 2.25. The van der Waals surface area contributed by atoms with Gasteiger partial charge in [0, 0.05) is 25.3 Å². The van der Waals surface area contributed by atoms with Crippen LogP contribution in [0.25, 0.3) is 0 Å². The fourth-order valence-electron chi connectivity index (χ4n) is 2.53. The second kappa shape index (κ2) is 7.01. The van der Waals surface area contributed by atoms with Gasteiger partial charge in [-0.1, -0.05) is 53.7 Å². The van der Waals surface area contributed by atoms with E-state index in [9.17, 15) is 5.11 Å². The minimum atomic E-state index is -0.0935. The number of benzene rings is 1. The van der Waals surface area contributed by atoms with Crippen LogP contribution in [0.3, 0.4) is 0 Å². The van der Waals surface area contributed by atoms with E-state index in [0.717, 1.165) is 24.1 Å². The third-order valence-electron chi connectivity index (χ3n) is 4.00. The minimum Gasteiger partial charge on any atom is -0.507 e. The highest BCUT2D eigenvalue weighted by atomic mass is 16.3. The van der Waals surface area contributed by atoms with Crippen LogP contribution in [-0.4, -0.2) is 35.3 Å². The molecule has 0 radical (unpaired) electrons. The maximum Gasteiger partial charge on any atom is 0.123 e. The Morgan fingerprint density at radius 3 is 2.05 bits per heavy atom. The van der Waals surface area contributed by atoms with E-state index in [1.807, 2.05) is 7.05 Å². The Morgan fingerprint density at radius 2 is 1.59 bits per heavy atom. The highest BCUT2D eigenvalue weighted by molar-refractivity contribution is 5.48. The van der Waals surface area contributed by atoms with E-state index >= 15 is 0 Å². The summed E-state index contributed by atoms with van der Waals surface area (Å²) in [5, 5.41) is 19.7. The van der Waals surface area contributed by atoms with Crippen molar-refractivity contribution in [1.82, 2.24) is 4.90 Å². The van der Waals surface area contributed by atoms with Crippen molar-refractivity contribution in [1.29, 1.82) is 0 Å². The van der Waals surface area contributed by atoms with E-state index in [2.05, 4.69) is 58.6 Å². The number of hydrogen-bond donors (Lipinski definition) is 2. The molecule has 0 unspecified atom stereocenters. The summed E-state index contributed by atoms with van der Waals surface area (Å²) in [7, 11) is 2.02. The molecule has 0 aliphatic carbocycles. The molecule has 0 atom stereocenters. The first-order valence-electron chi connectivity index (χ1n) is 8.13. The average Bonchev–Trinajstić information content (AvgIpc) is 2.36. The van der Waals surface area contributed by atoms with Gasteiger partial charge in [0.1, 0.15) is 5.75 Å². The Kier molecular flexibility index (Phi) is 6.05. The predicted octanol–water partition coefficient (Wildman–Crippen LogP) is 3.80. The fraction of sp³-hybridized carbons (Fsp3) is 0.684. The molecule has 126 valence electrons. The molecule has 0 aromatic heterocycles. The molecular weight excluding hydrogens is 274 g/mol. The second-order valence-corrected chi connectivity index (χ2v) is 8.35. The lowest BCUT2D eigenvalue weighted by molar-refractivity contribution is 0.242. The summed E-state index contributed by atoms with van der Waals surface area (Å²) >= 11 is 0. The van der Waals surface area contributed by atoms with Crippen LogP contribution in [0.5, 0.6) is 5.75 Å². The van der Waals surface area contributed by atoms with Gasteiger partial charge in [-0.05, 0) is 35.4 Å². The van der Waals surface area contributed by atoms with Crippen LogP contribution in [-0.2, 0) is 17.4 Å². The molecule has 22 heavy (non-hydrogen) atoms. The lowest BCUT2D eigenvalue weighted by Gasteiger charge is -2.28. The molecular formula is C19H33NO2. The molecule has 2 N–H and O–H groups in total. The van der Waals surface area contributed by atoms with E-state index in [-0.39, 0.29) is 17.4 Å². The van der Waals surface area contributed by atoms with Gasteiger partial charge < -0.3 is 15.1 Å². The lowest BCUT2D eigenvalue weighted by Crippen LogP contribution is -2.22. The Labute approximate surface area is 136 Å². The Morgan fingerprint density at radius 1 is 1.00 bits per heavy atom. The predicted molar refractivity (Wildman–Crippen MR) is 93.5 cm³/mol. The highest BCUT2D eigenvalue weighted by Crippen LogP contribution is 2.38. The van der Waals surface area contributed by atoms with Crippen molar-refractivity contribution in [2.45, 2.75) is 65.3 Å². The maximum absolute atomic E-state index is 10.7. The summed E-state index contributed by atoms with van der Waals surface area (Å²) in [4.78, 5) is 2.14. The molecule has 0 spiro atoms. The number of hydrogen-bond acceptors (Lipinski definition) is 3. The van der Waals surface area contributed by atoms with Crippen LogP contribution < -0.4 is 0 Å². The number of aliphatic hydroxyl groups is 1. The third kappa shape index (κ3) is 4.99. The van der Waals surface area contributed by atoms with Gasteiger partial charge in [0.2, 0.25) is 0 Å². The topological polar surface area (TPSA) is 43.7 Å². The van der Waals surface area contributed by atoms with Crippen LogP contribution in [0, 0.1) is 0 Å². The number of nitrogens with zero attached hydrogens (tertiary/aromatic N) is 1. The molecule has 1 aromatic rings. The fourth-order valence-corrected chi connectivity index (χ4v) is 2.53. The van der Waals surface area contributed by atoms with Gasteiger partial charge in [-0.3, -0.25) is 0 Å². The lowest BCUT2D eigenvalue weighted by atomic mass is 9.79. The summed E-state index contributed by atoms with van der Waals surface area (Å²) < 4.78 is 0. The molecule has 0 bridgehead atoms. The van der Waals surface area contributed by atoms with Crippen molar-refractivity contribution in [3.63, 3.8) is 0 Å². The van der Waals surface area contributed by atoms with E-state index in [1.165, 1.54) is 5.56 Å². The van der Waals surface area contributed by atoms with Crippen molar-refractivity contribution in [3.8, 4) is 5.75 Å². The maximum atomic E-state index is 10.7. The van der Waals surface area contributed by atoms with E-state index in [4.69, 9.17) is 5.11 Å². The Hall–Kier alpha value is -1.06. The second-order valence-electron chi connectivity index (χ2n) is 8.35. The van der Waals surface area contributed by atoms with Gasteiger partial charge in [0.05, 0.1) is 0 Å². The number of phenolic OH excluding ortho intramolecular Hbond substituents is 1. The van der Waals surface area contributed by atoms with Gasteiger partial charge in [0.15, 0.2) is 0 Å². The van der Waals surface area contributed by atoms with Crippen LogP contribution in [0.15, 0.2) is 12.1 Å². The summed E-state index contributed by atoms with van der Waals surface area (Å²) in [6.45, 7) is 14.7. The summed E-state index contributed by atoms with van der Waals surface area (Å²) in [6, 6.07) is 4.27. The van der Waals surface area contributed by atoms with Crippen molar-refractivity contribution >= 4 is 0 Å². The smallest absolute Gasteiger partial charge is 0.123 e. The molecule has 0 heterocycles. The quantitative estimate of drug-likeness (QED) is 0.869. The first kappa shape index (κ1) is 19.0. The number of aliphatic hydroxyl groups excluding tert-OH is 1. The molecule has 0 saturated carbocycles. The van der Waals surface area contributed by atoms with Crippen molar-refractivity contribution in [2.75, 3.05) is 20.2 Å². The molecule has 1 aromatic carbocycles. The van der Waals surface area contributed by atoms with Gasteiger partial charge in [-0.25, -0.2) is 0 Å². The Balaban J connectivity index is 3.25. The monoisotopic (exact) mass is 307 g/mol. The molecule has 3 nitrogen and oxygen atoms in total. The van der Waals surface area contributed by atoms with Gasteiger partial charge in [-0.15, -0.1) is 0 Å². The average molecular weight is 307 g/mol. The van der Waals surface area contributed by atoms with E-state index in [1.54, 1.807) is 0 Å². The van der Waals surface area contributed by atoms with E-state index in [0.29, 0.717) is 12.3 Å². The largest absolute Gasteiger partial charge is 0.507 e. The summed E-state index contributed by atoms with van der Waals surface area (Å²) in [5.74, 6) is 0.413. The third-order valence-corrected chi connectivity index (χ3v) is 4.00. The normalized spacial score (nSPS) is 13.0. The van der Waals surface area contributed by atoms with Gasteiger partial charge in [-0.2, -0.15) is 0 Å². The number of aromatic hydroxyl groups is 1. The van der Waals surface area contributed by atoms with E-state index < -0.39 is 0 Å². The van der Waals surface area contributed by atoms with Gasteiger partial charge in [0.25, 0.3) is 0 Å². The first-order valence-corrected chi connectivity index (χ1v) is 8.13. The SMILES string of the molecule is CN(CCCO)Cc1cc(C(C)(C)C)cc(C(C)(C)C)c1O. The molecule has 0 aliphatic rings. The van der Waals surface area contributed by atoms with Crippen LogP contribution in [0.2, 0.25) is 0 Å². The zero-order valence-electron chi connectivity index (χ0n) is 15.3. The molecule has 0 fully saturated rings. The van der Waals surface area contributed by atoms with Gasteiger partial charge >= 0.3 is 0 Å². The van der Waals surface area contributed by atoms with Crippen LogP contribution in [0.4, 0.5) is 0 Å². The van der Waals surface area contributed by atoms with Crippen molar-refractivity contribution in [3.05, 3.63) is 28.8 Å². The zero-order valence-corrected chi connectivity index (χ0v) is 15.3. The van der Waals surface area contributed by atoms with Crippen molar-refractivity contribution < 1.29 is 10.2 Å². The van der Waals surface area contributed by atoms with Crippen LogP contribution in [0.1, 0.15) is 64.7 Å². The molecule has 1 rings (SSSR count). The standard InChI is InChI=1S/C19H33NO2/c1-18(2,3)15-11-14(13-20(7)9-8-10-21)17(22)16(12-15)19(4,5)6/h11-12,21-22H,8-10,13H2,1-7H3. The molecule has 0 saturated heterocycles. The summed E-state index contributed by atoms with van der Waals surface area (Å²) in [6.07, 6.45) is 0.752. The number of rotatable bonds is 5. The zero-order chi connectivity index (χ0) is 17.1. The summed E-state index contributed by atoms with van der Waals surface area (Å²) in [5.41, 5.74) is 3.18.